The van der Waals surface area contributed by atoms with Gasteiger partial charge in [-0.1, -0.05) is 0 Å². The Hall–Kier alpha value is -1.03. The second-order valence-corrected chi connectivity index (χ2v) is 3.61. The molecule has 72 valence electrons. The van der Waals surface area contributed by atoms with E-state index >= 15 is 0 Å². The molecule has 0 spiro atoms. The van der Waals surface area contributed by atoms with E-state index in [4.69, 9.17) is 5.73 Å². The van der Waals surface area contributed by atoms with Gasteiger partial charge >= 0.3 is 0 Å². The summed E-state index contributed by atoms with van der Waals surface area (Å²) in [7, 11) is 2.12. The summed E-state index contributed by atoms with van der Waals surface area (Å²) < 4.78 is 1.89. The van der Waals surface area contributed by atoms with Gasteiger partial charge in [0.05, 0.1) is 5.69 Å². The van der Waals surface area contributed by atoms with Crippen molar-refractivity contribution < 1.29 is 0 Å². The third kappa shape index (κ3) is 1.31. The molecule has 1 aromatic heterocycles. The minimum Gasteiger partial charge on any atom is -0.384 e. The van der Waals surface area contributed by atoms with Gasteiger partial charge in [-0.2, -0.15) is 5.10 Å². The Bertz CT molecular complexity index is 316. The molecule has 0 saturated carbocycles. The highest BCUT2D eigenvalue weighted by atomic mass is 15.3. The van der Waals surface area contributed by atoms with Crippen molar-refractivity contribution in [2.24, 2.45) is 0 Å². The number of fused-ring (bicyclic) bond motifs is 1. The van der Waals surface area contributed by atoms with Gasteiger partial charge in [0.1, 0.15) is 5.82 Å². The molecular formula is C9H16N4. The van der Waals surface area contributed by atoms with Gasteiger partial charge in [-0.15, -0.1) is 0 Å². The van der Waals surface area contributed by atoms with Gasteiger partial charge < -0.3 is 10.6 Å². The number of hydrogen-bond acceptors (Lipinski definition) is 3. The molecule has 0 atom stereocenters. The highest BCUT2D eigenvalue weighted by molar-refractivity contribution is 5.44. The van der Waals surface area contributed by atoms with Crippen LogP contribution in [0.5, 0.6) is 0 Å². The standard InChI is InChI=1S/C9H16N4/c1-3-13-9(10)7-4-5-12(2)6-8(7)11-13/h3-6,10H2,1-2H3. The lowest BCUT2D eigenvalue weighted by atomic mass is 10.1. The zero-order valence-corrected chi connectivity index (χ0v) is 8.25. The molecule has 0 fully saturated rings. The van der Waals surface area contributed by atoms with Crippen LogP contribution in [0.2, 0.25) is 0 Å². The van der Waals surface area contributed by atoms with E-state index in [1.165, 1.54) is 5.56 Å². The highest BCUT2D eigenvalue weighted by Gasteiger charge is 2.20. The fourth-order valence-electron chi connectivity index (χ4n) is 1.84. The van der Waals surface area contributed by atoms with E-state index in [0.717, 1.165) is 37.6 Å². The van der Waals surface area contributed by atoms with Crippen LogP contribution in [0.1, 0.15) is 18.2 Å². The van der Waals surface area contributed by atoms with E-state index in [1.807, 2.05) is 4.68 Å². The van der Waals surface area contributed by atoms with Crippen LogP contribution < -0.4 is 5.73 Å². The van der Waals surface area contributed by atoms with Crippen molar-refractivity contribution >= 4 is 5.82 Å². The van der Waals surface area contributed by atoms with Gasteiger partial charge in [-0.05, 0) is 20.4 Å². The number of hydrogen-bond donors (Lipinski definition) is 1. The number of nitrogens with zero attached hydrogens (tertiary/aromatic N) is 3. The van der Waals surface area contributed by atoms with Gasteiger partial charge in [-0.25, -0.2) is 4.68 Å². The van der Waals surface area contributed by atoms with Crippen LogP contribution in [0.15, 0.2) is 0 Å². The van der Waals surface area contributed by atoms with Crippen LogP contribution in [0.25, 0.3) is 0 Å². The third-order valence-electron chi connectivity index (χ3n) is 2.64. The monoisotopic (exact) mass is 180 g/mol. The van der Waals surface area contributed by atoms with Crippen molar-refractivity contribution in [3.8, 4) is 0 Å². The second-order valence-electron chi connectivity index (χ2n) is 3.61. The molecule has 0 aliphatic carbocycles. The topological polar surface area (TPSA) is 47.1 Å². The molecule has 0 bridgehead atoms. The van der Waals surface area contributed by atoms with E-state index < -0.39 is 0 Å². The maximum Gasteiger partial charge on any atom is 0.125 e. The summed E-state index contributed by atoms with van der Waals surface area (Å²) in [6.07, 6.45) is 1.04. The Morgan fingerprint density at radius 1 is 1.54 bits per heavy atom. The maximum absolute atomic E-state index is 5.96. The molecule has 1 aromatic rings. The van der Waals surface area contributed by atoms with E-state index in [2.05, 4.69) is 24.0 Å². The molecular weight excluding hydrogens is 164 g/mol. The molecule has 0 aromatic carbocycles. The van der Waals surface area contributed by atoms with E-state index in [9.17, 15) is 0 Å². The predicted octanol–water partition coefficient (Wildman–Crippen LogP) is 0.473. The minimum atomic E-state index is 0.864. The maximum atomic E-state index is 5.96. The first-order chi connectivity index (χ1) is 6.22. The number of nitrogen functional groups attached to an aromatic ring is 1. The van der Waals surface area contributed by atoms with Crippen molar-refractivity contribution in [1.82, 2.24) is 14.7 Å². The molecule has 2 heterocycles. The zero-order chi connectivity index (χ0) is 9.42. The summed E-state index contributed by atoms with van der Waals surface area (Å²) in [6, 6.07) is 0. The first-order valence-electron chi connectivity index (χ1n) is 4.75. The van der Waals surface area contributed by atoms with Gasteiger partial charge in [0.25, 0.3) is 0 Å². The largest absolute Gasteiger partial charge is 0.384 e. The van der Waals surface area contributed by atoms with Crippen molar-refractivity contribution in [2.45, 2.75) is 26.4 Å². The molecule has 0 radical (unpaired) electrons. The Morgan fingerprint density at radius 3 is 3.00 bits per heavy atom. The quantitative estimate of drug-likeness (QED) is 0.683. The molecule has 0 saturated heterocycles. The first-order valence-corrected chi connectivity index (χ1v) is 4.75. The van der Waals surface area contributed by atoms with Crippen LogP contribution in [-0.4, -0.2) is 28.3 Å². The number of nitrogens with two attached hydrogens (primary N) is 1. The third-order valence-corrected chi connectivity index (χ3v) is 2.64. The van der Waals surface area contributed by atoms with Crippen LogP contribution in [0.3, 0.4) is 0 Å². The smallest absolute Gasteiger partial charge is 0.125 e. The second kappa shape index (κ2) is 3.03. The number of aromatic nitrogens is 2. The molecule has 0 amide bonds. The molecule has 2 N–H and O–H groups in total. The highest BCUT2D eigenvalue weighted by Crippen LogP contribution is 2.22. The summed E-state index contributed by atoms with van der Waals surface area (Å²) in [5, 5.41) is 4.47. The molecule has 0 unspecified atom stereocenters. The van der Waals surface area contributed by atoms with Gasteiger partial charge in [0, 0.05) is 25.2 Å². The molecule has 13 heavy (non-hydrogen) atoms. The fourth-order valence-corrected chi connectivity index (χ4v) is 1.84. The molecule has 4 nitrogen and oxygen atoms in total. The molecule has 4 heteroatoms. The fraction of sp³-hybridized carbons (Fsp3) is 0.667. The average Bonchev–Trinajstić information content (AvgIpc) is 2.42. The predicted molar refractivity (Wildman–Crippen MR) is 52.4 cm³/mol. The van der Waals surface area contributed by atoms with Gasteiger partial charge in [0.2, 0.25) is 0 Å². The van der Waals surface area contributed by atoms with E-state index in [-0.39, 0.29) is 0 Å². The van der Waals surface area contributed by atoms with E-state index in [0.29, 0.717) is 0 Å². The zero-order valence-electron chi connectivity index (χ0n) is 8.25. The lowest BCUT2D eigenvalue weighted by Gasteiger charge is -2.20. The van der Waals surface area contributed by atoms with Gasteiger partial charge in [0.15, 0.2) is 0 Å². The summed E-state index contributed by atoms with van der Waals surface area (Å²) in [5.41, 5.74) is 8.39. The molecule has 2 rings (SSSR count). The van der Waals surface area contributed by atoms with Crippen molar-refractivity contribution in [1.29, 1.82) is 0 Å². The van der Waals surface area contributed by atoms with Crippen molar-refractivity contribution in [3.63, 3.8) is 0 Å². The van der Waals surface area contributed by atoms with Gasteiger partial charge in [-0.3, -0.25) is 0 Å². The van der Waals surface area contributed by atoms with Crippen LogP contribution >= 0.6 is 0 Å². The number of aryl methyl sites for hydroxylation is 1. The minimum absolute atomic E-state index is 0.864. The van der Waals surface area contributed by atoms with Crippen molar-refractivity contribution in [3.05, 3.63) is 11.3 Å². The Kier molecular flexibility index (Phi) is 2.00. The summed E-state index contributed by atoms with van der Waals surface area (Å²) >= 11 is 0. The average molecular weight is 180 g/mol. The summed E-state index contributed by atoms with van der Waals surface area (Å²) in [4.78, 5) is 2.27. The molecule has 1 aliphatic heterocycles. The van der Waals surface area contributed by atoms with Crippen molar-refractivity contribution in [2.75, 3.05) is 19.3 Å². The molecule has 1 aliphatic rings. The van der Waals surface area contributed by atoms with Crippen LogP contribution in [0.4, 0.5) is 5.82 Å². The van der Waals surface area contributed by atoms with Crippen LogP contribution in [-0.2, 0) is 19.5 Å². The SMILES string of the molecule is CCn1nc2c(c1N)CCN(C)C2. The summed E-state index contributed by atoms with van der Waals surface area (Å²) in [5.74, 6) is 0.866. The van der Waals surface area contributed by atoms with Crippen LogP contribution in [0, 0.1) is 0 Å². The van der Waals surface area contributed by atoms with E-state index in [1.54, 1.807) is 0 Å². The Morgan fingerprint density at radius 2 is 2.31 bits per heavy atom. The lowest BCUT2D eigenvalue weighted by Crippen LogP contribution is -2.26. The first kappa shape index (κ1) is 8.56. The normalized spacial score (nSPS) is 17.4. The number of anilines is 1. The number of rotatable bonds is 1. The summed E-state index contributed by atoms with van der Waals surface area (Å²) in [6.45, 7) is 4.96. The Balaban J connectivity index is 2.39. The Labute approximate surface area is 78.3 Å². The lowest BCUT2D eigenvalue weighted by molar-refractivity contribution is 0.308. The number of likely N-dealkylation sites (N-methyl/N-ethyl adjacent to an activating group) is 1.